The Morgan fingerprint density at radius 1 is 1.50 bits per heavy atom. The molecular formula is C11H19ClN2O2. The lowest BCUT2D eigenvalue weighted by molar-refractivity contribution is 0.0415. The quantitative estimate of drug-likeness (QED) is 0.867. The number of rotatable bonds is 5. The third kappa shape index (κ3) is 2.75. The number of nitrogens with zero attached hydrogens (tertiary/aromatic N) is 2. The highest BCUT2D eigenvalue weighted by Gasteiger charge is 2.23. The van der Waals surface area contributed by atoms with Gasteiger partial charge in [-0.15, -0.1) is 0 Å². The fourth-order valence-corrected chi connectivity index (χ4v) is 1.85. The Morgan fingerprint density at radius 3 is 2.62 bits per heavy atom. The molecule has 1 rings (SSSR count). The molecule has 0 bridgehead atoms. The van der Waals surface area contributed by atoms with Gasteiger partial charge in [-0.1, -0.05) is 25.4 Å². The molecule has 16 heavy (non-hydrogen) atoms. The van der Waals surface area contributed by atoms with Gasteiger partial charge in [-0.3, -0.25) is 4.68 Å². The van der Waals surface area contributed by atoms with Crippen LogP contribution in [0.5, 0.6) is 0 Å². The van der Waals surface area contributed by atoms with Crippen LogP contribution in [0.25, 0.3) is 0 Å². The van der Waals surface area contributed by atoms with Crippen LogP contribution in [0.15, 0.2) is 0 Å². The summed E-state index contributed by atoms with van der Waals surface area (Å²) >= 11 is 6.12. The van der Waals surface area contributed by atoms with E-state index in [4.69, 9.17) is 16.3 Å². The maximum atomic E-state index is 10.0. The van der Waals surface area contributed by atoms with Gasteiger partial charge in [0, 0.05) is 19.2 Å². The fourth-order valence-electron chi connectivity index (χ4n) is 1.59. The van der Waals surface area contributed by atoms with E-state index >= 15 is 0 Å². The maximum Gasteiger partial charge on any atom is 0.132 e. The van der Waals surface area contributed by atoms with Gasteiger partial charge in [-0.2, -0.15) is 5.10 Å². The Balaban J connectivity index is 3.00. The monoisotopic (exact) mass is 246 g/mol. The van der Waals surface area contributed by atoms with E-state index in [1.165, 1.54) is 0 Å². The van der Waals surface area contributed by atoms with Crippen molar-refractivity contribution < 1.29 is 9.84 Å². The predicted molar refractivity (Wildman–Crippen MR) is 63.8 cm³/mol. The van der Waals surface area contributed by atoms with Gasteiger partial charge in [-0.05, 0) is 12.8 Å². The fraction of sp³-hybridized carbons (Fsp3) is 0.727. The zero-order chi connectivity index (χ0) is 12.3. The molecule has 0 saturated carbocycles. The number of aliphatic hydroxyl groups excluding tert-OH is 1. The molecule has 1 heterocycles. The first-order valence-corrected chi connectivity index (χ1v) is 5.84. The predicted octanol–water partition coefficient (Wildman–Crippen LogP) is 2.27. The third-order valence-corrected chi connectivity index (χ3v) is 2.85. The molecule has 0 aliphatic carbocycles. The number of aromatic nitrogens is 2. The SMILES string of the molecule is CCOCC(O)c1c(C(C)C)nn(C)c1Cl. The van der Waals surface area contributed by atoms with Crippen molar-refractivity contribution in [2.45, 2.75) is 32.8 Å². The highest BCUT2D eigenvalue weighted by molar-refractivity contribution is 6.30. The minimum Gasteiger partial charge on any atom is -0.386 e. The minimum absolute atomic E-state index is 0.227. The lowest BCUT2D eigenvalue weighted by Crippen LogP contribution is -2.09. The standard InChI is InChI=1S/C11H19ClN2O2/c1-5-16-6-8(15)9-10(7(2)3)13-14(4)11(9)12/h7-8,15H,5-6H2,1-4H3. The Kier molecular flexibility index (Phi) is 4.77. The van der Waals surface area contributed by atoms with E-state index in [0.29, 0.717) is 17.3 Å². The van der Waals surface area contributed by atoms with Crippen molar-refractivity contribution in [1.82, 2.24) is 9.78 Å². The van der Waals surface area contributed by atoms with Gasteiger partial charge in [-0.25, -0.2) is 0 Å². The van der Waals surface area contributed by atoms with Gasteiger partial charge in [0.05, 0.1) is 12.3 Å². The lowest BCUT2D eigenvalue weighted by atomic mass is 10.0. The Morgan fingerprint density at radius 2 is 2.12 bits per heavy atom. The van der Waals surface area contributed by atoms with Crippen LogP contribution in [-0.4, -0.2) is 28.1 Å². The van der Waals surface area contributed by atoms with Crippen LogP contribution in [0, 0.1) is 0 Å². The second kappa shape index (κ2) is 5.66. The van der Waals surface area contributed by atoms with Crippen molar-refractivity contribution in [1.29, 1.82) is 0 Å². The minimum atomic E-state index is -0.710. The Bertz CT molecular complexity index is 350. The van der Waals surface area contributed by atoms with Crippen molar-refractivity contribution in [2.75, 3.05) is 13.2 Å². The second-order valence-electron chi connectivity index (χ2n) is 4.04. The van der Waals surface area contributed by atoms with Crippen molar-refractivity contribution in [3.05, 3.63) is 16.4 Å². The van der Waals surface area contributed by atoms with Gasteiger partial charge in [0.15, 0.2) is 0 Å². The molecule has 0 aromatic carbocycles. The van der Waals surface area contributed by atoms with Crippen LogP contribution >= 0.6 is 11.6 Å². The maximum absolute atomic E-state index is 10.0. The molecule has 4 nitrogen and oxygen atoms in total. The van der Waals surface area contributed by atoms with Crippen molar-refractivity contribution in [3.63, 3.8) is 0 Å². The number of ether oxygens (including phenoxy) is 1. The lowest BCUT2D eigenvalue weighted by Gasteiger charge is -2.12. The highest BCUT2D eigenvalue weighted by Crippen LogP contribution is 2.30. The number of aryl methyl sites for hydroxylation is 1. The van der Waals surface area contributed by atoms with Crippen LogP contribution < -0.4 is 0 Å². The number of halogens is 1. The summed E-state index contributed by atoms with van der Waals surface area (Å²) in [6, 6.07) is 0. The van der Waals surface area contributed by atoms with E-state index in [1.54, 1.807) is 11.7 Å². The van der Waals surface area contributed by atoms with Crippen molar-refractivity contribution >= 4 is 11.6 Å². The second-order valence-corrected chi connectivity index (χ2v) is 4.40. The topological polar surface area (TPSA) is 47.3 Å². The zero-order valence-corrected chi connectivity index (χ0v) is 11.0. The normalized spacial score (nSPS) is 13.4. The van der Waals surface area contributed by atoms with Crippen molar-refractivity contribution in [2.24, 2.45) is 7.05 Å². The van der Waals surface area contributed by atoms with E-state index in [-0.39, 0.29) is 12.5 Å². The summed E-state index contributed by atoms with van der Waals surface area (Å²) in [6.07, 6.45) is -0.710. The van der Waals surface area contributed by atoms with Crippen LogP contribution in [0.4, 0.5) is 0 Å². The molecule has 1 aromatic rings. The molecule has 0 aliphatic rings. The smallest absolute Gasteiger partial charge is 0.132 e. The molecule has 1 atom stereocenters. The number of hydrogen-bond acceptors (Lipinski definition) is 3. The number of hydrogen-bond donors (Lipinski definition) is 1. The Hall–Kier alpha value is -0.580. The summed E-state index contributed by atoms with van der Waals surface area (Å²) in [5.41, 5.74) is 1.52. The molecular weight excluding hydrogens is 228 g/mol. The summed E-state index contributed by atoms with van der Waals surface area (Å²) in [6.45, 7) is 6.76. The first-order chi connectivity index (χ1) is 7.49. The molecule has 0 saturated heterocycles. The molecule has 0 fully saturated rings. The van der Waals surface area contributed by atoms with Crippen LogP contribution in [0.3, 0.4) is 0 Å². The van der Waals surface area contributed by atoms with E-state index in [0.717, 1.165) is 5.69 Å². The van der Waals surface area contributed by atoms with Gasteiger partial charge in [0.25, 0.3) is 0 Å². The van der Waals surface area contributed by atoms with Crippen molar-refractivity contribution in [3.8, 4) is 0 Å². The number of aliphatic hydroxyl groups is 1. The summed E-state index contributed by atoms with van der Waals surface area (Å²) in [4.78, 5) is 0. The first-order valence-electron chi connectivity index (χ1n) is 5.47. The van der Waals surface area contributed by atoms with E-state index in [9.17, 15) is 5.11 Å². The molecule has 0 amide bonds. The Labute approximate surface area is 101 Å². The molecule has 1 N–H and O–H groups in total. The van der Waals surface area contributed by atoms with Crippen LogP contribution in [0.1, 0.15) is 44.1 Å². The highest BCUT2D eigenvalue weighted by atomic mass is 35.5. The third-order valence-electron chi connectivity index (χ3n) is 2.40. The largest absolute Gasteiger partial charge is 0.386 e. The van der Waals surface area contributed by atoms with Gasteiger partial charge >= 0.3 is 0 Å². The van der Waals surface area contributed by atoms with Gasteiger partial charge < -0.3 is 9.84 Å². The molecule has 0 aliphatic heterocycles. The first kappa shape index (κ1) is 13.5. The van der Waals surface area contributed by atoms with Crippen LogP contribution in [-0.2, 0) is 11.8 Å². The molecule has 0 spiro atoms. The molecule has 1 unspecified atom stereocenters. The van der Waals surface area contributed by atoms with Gasteiger partial charge in [0.1, 0.15) is 11.3 Å². The summed E-state index contributed by atoms with van der Waals surface area (Å²) in [5.74, 6) is 0.227. The zero-order valence-electron chi connectivity index (χ0n) is 10.2. The van der Waals surface area contributed by atoms with E-state index in [2.05, 4.69) is 5.10 Å². The summed E-state index contributed by atoms with van der Waals surface area (Å²) < 4.78 is 6.79. The van der Waals surface area contributed by atoms with E-state index in [1.807, 2.05) is 20.8 Å². The molecule has 0 radical (unpaired) electrons. The average Bonchev–Trinajstić information content (AvgIpc) is 2.52. The average molecular weight is 247 g/mol. The summed E-state index contributed by atoms with van der Waals surface area (Å²) in [7, 11) is 1.77. The molecule has 1 aromatic heterocycles. The van der Waals surface area contributed by atoms with E-state index < -0.39 is 6.10 Å². The molecule has 92 valence electrons. The van der Waals surface area contributed by atoms with Crippen LogP contribution in [0.2, 0.25) is 5.15 Å². The summed E-state index contributed by atoms with van der Waals surface area (Å²) in [5, 5.41) is 14.8. The molecule has 5 heteroatoms. The van der Waals surface area contributed by atoms with Gasteiger partial charge in [0.2, 0.25) is 0 Å².